The molecule has 0 aliphatic carbocycles. The van der Waals surface area contributed by atoms with Crippen LogP contribution in [-0.4, -0.2) is 27.6 Å². The van der Waals surface area contributed by atoms with Gasteiger partial charge in [0.2, 0.25) is 0 Å². The maximum atomic E-state index is 9.52. The molecule has 9 aromatic rings. The molecule has 0 amide bonds. The van der Waals surface area contributed by atoms with Crippen LogP contribution in [0.15, 0.2) is 128 Å². The van der Waals surface area contributed by atoms with Gasteiger partial charge in [-0.1, -0.05) is 132 Å². The molecule has 4 aromatic heterocycles. The van der Waals surface area contributed by atoms with Crippen LogP contribution in [0.3, 0.4) is 0 Å². The number of thiophene rings is 1. The van der Waals surface area contributed by atoms with Crippen LogP contribution >= 0.6 is 11.3 Å². The molecule has 0 fully saturated rings. The minimum Gasteiger partial charge on any atom is -0.333 e. The van der Waals surface area contributed by atoms with E-state index < -0.39 is 14.4 Å². The van der Waals surface area contributed by atoms with Crippen molar-refractivity contribution in [3.63, 3.8) is 0 Å². The van der Waals surface area contributed by atoms with Gasteiger partial charge < -0.3 is 9.55 Å². The summed E-state index contributed by atoms with van der Waals surface area (Å²) < 4.78 is 21.7. The number of imidazole rings is 1. The molecule has 0 atom stereocenters. The monoisotopic (exact) mass is 1040 g/mol. The van der Waals surface area contributed by atoms with Gasteiger partial charge in [-0.3, -0.25) is 9.97 Å². The van der Waals surface area contributed by atoms with E-state index in [-0.39, 0.29) is 26.0 Å². The van der Waals surface area contributed by atoms with E-state index in [1.165, 1.54) is 33.3 Å². The fourth-order valence-electron chi connectivity index (χ4n) is 8.12. The number of nitriles is 1. The van der Waals surface area contributed by atoms with Gasteiger partial charge in [-0.15, -0.1) is 24.3 Å². The van der Waals surface area contributed by atoms with Crippen LogP contribution in [0.1, 0.15) is 78.4 Å². The van der Waals surface area contributed by atoms with E-state index in [0.29, 0.717) is 17.4 Å². The molecular weight excluding hydrogens is 983 g/mol. The number of pyridine rings is 2. The number of aromatic nitrogens is 4. The molecule has 9 rings (SSSR count). The molecule has 0 unspecified atom stereocenters. The van der Waals surface area contributed by atoms with Crippen molar-refractivity contribution in [2.45, 2.75) is 79.4 Å². The van der Waals surface area contributed by atoms with Crippen LogP contribution in [0.5, 0.6) is 0 Å². The fourth-order valence-corrected chi connectivity index (χ4v) is 10.8. The summed E-state index contributed by atoms with van der Waals surface area (Å²) in [5, 5.41) is 12.9. The van der Waals surface area contributed by atoms with Gasteiger partial charge in [-0.2, -0.15) is 28.2 Å². The normalized spacial score (nSPS) is 12.3. The summed E-state index contributed by atoms with van der Waals surface area (Å²) in [5.41, 5.74) is 12.4. The Hall–Kier alpha value is -5.55. The van der Waals surface area contributed by atoms with Crippen molar-refractivity contribution in [2.24, 2.45) is 5.92 Å². The molecule has 8 heteroatoms. The average molecular weight is 1040 g/mol. The molecule has 319 valence electrons. The second-order valence-electron chi connectivity index (χ2n) is 17.8. The molecule has 0 aliphatic rings. The van der Waals surface area contributed by atoms with E-state index in [4.69, 9.17) is 7.73 Å². The van der Waals surface area contributed by atoms with Crippen molar-refractivity contribution in [1.82, 2.24) is 19.5 Å². The number of hydrogen-bond acceptors (Lipinski definition) is 5. The van der Waals surface area contributed by atoms with Gasteiger partial charge in [0.05, 0.1) is 36.6 Å². The van der Waals surface area contributed by atoms with E-state index in [1.54, 1.807) is 23.7 Å². The summed E-state index contributed by atoms with van der Waals surface area (Å²) >= 11 is 1.71. The van der Waals surface area contributed by atoms with Crippen LogP contribution in [0.2, 0.25) is 19.6 Å². The Balaban J connectivity index is 0.000000233. The van der Waals surface area contributed by atoms with Gasteiger partial charge in [-0.25, -0.2) is 0 Å². The zero-order chi connectivity index (χ0) is 45.5. The number of benzene rings is 5. The Morgan fingerprint density at radius 1 is 0.810 bits per heavy atom. The summed E-state index contributed by atoms with van der Waals surface area (Å²) in [6, 6.07) is 46.6. The largest absolute Gasteiger partial charge is 0.333 e. The molecule has 0 N–H and O–H groups in total. The third-order valence-electron chi connectivity index (χ3n) is 11.1. The number of para-hydroxylation sites is 2. The van der Waals surface area contributed by atoms with E-state index >= 15 is 0 Å². The molecule has 0 bridgehead atoms. The first kappa shape index (κ1) is 42.7. The summed E-state index contributed by atoms with van der Waals surface area (Å²) in [7, 11) is -1.68. The summed E-state index contributed by atoms with van der Waals surface area (Å²) in [6.07, 6.45) is 3.81. The molecule has 0 saturated carbocycles. The quantitative estimate of drug-likeness (QED) is 0.107. The summed E-state index contributed by atoms with van der Waals surface area (Å²) in [5.74, 6) is 1.39. The predicted molar refractivity (Wildman–Crippen MR) is 264 cm³/mol. The molecule has 63 heavy (non-hydrogen) atoms. The van der Waals surface area contributed by atoms with E-state index in [0.717, 1.165) is 59.2 Å². The Morgan fingerprint density at radius 2 is 1.52 bits per heavy atom. The van der Waals surface area contributed by atoms with E-state index in [2.05, 4.69) is 159 Å². The second kappa shape index (κ2) is 19.0. The number of hydrogen-bond donors (Lipinski definition) is 0. The van der Waals surface area contributed by atoms with Crippen LogP contribution in [0.4, 0.5) is 0 Å². The van der Waals surface area contributed by atoms with Crippen molar-refractivity contribution in [2.75, 3.05) is 0 Å². The maximum Gasteiger partial charge on any atom is 0.0992 e. The van der Waals surface area contributed by atoms with Gasteiger partial charge >= 0.3 is 0 Å². The third-order valence-corrected chi connectivity index (χ3v) is 14.3. The van der Waals surface area contributed by atoms with Crippen LogP contribution in [0.25, 0.3) is 70.7 Å². The van der Waals surface area contributed by atoms with Gasteiger partial charge in [0.15, 0.2) is 0 Å². The zero-order valence-electron chi connectivity index (χ0n) is 39.3. The predicted octanol–water partition coefficient (Wildman–Crippen LogP) is 14.3. The minimum atomic E-state index is -1.68. The van der Waals surface area contributed by atoms with Crippen LogP contribution in [0, 0.1) is 29.4 Å². The zero-order valence-corrected chi connectivity index (χ0v) is 41.5. The Labute approximate surface area is 394 Å². The number of nitrogens with zero attached hydrogens (tertiary/aromatic N) is 5. The first-order chi connectivity index (χ1) is 30.6. The van der Waals surface area contributed by atoms with Gasteiger partial charge in [0, 0.05) is 39.4 Å². The summed E-state index contributed by atoms with van der Waals surface area (Å²) in [4.78, 5) is 13.8. The van der Waals surface area contributed by atoms with Gasteiger partial charge in [0.25, 0.3) is 0 Å². The van der Waals surface area contributed by atoms with E-state index in [1.807, 2.05) is 50.4 Å². The van der Waals surface area contributed by atoms with Crippen molar-refractivity contribution in [1.29, 1.82) is 5.26 Å². The van der Waals surface area contributed by atoms with Crippen molar-refractivity contribution in [3.8, 4) is 45.5 Å². The molecule has 1 radical (unpaired) electrons. The van der Waals surface area contributed by atoms with Crippen molar-refractivity contribution in [3.05, 3.63) is 162 Å². The Bertz CT molecular complexity index is 3150. The van der Waals surface area contributed by atoms with E-state index in [9.17, 15) is 5.26 Å². The Kier molecular flexibility index (Phi) is 12.9. The molecule has 5 nitrogen and oxygen atoms in total. The number of rotatable bonds is 9. The minimum absolute atomic E-state index is 0. The van der Waals surface area contributed by atoms with Gasteiger partial charge in [-0.05, 0) is 116 Å². The SMILES string of the molecule is CC(C)c1cc(-c2ccccc2)cc(C(C)C)c1-n1c(-c2[c-]ccc3c2sc2cc(C#N)ccc23)nc2ccccc21.[2H]C([2H])(c1cc(-c2[c-]cncc2)ncc1[Si](C)(C)C)C(C)C.[Ir]. The summed E-state index contributed by atoms with van der Waals surface area (Å²) in [6.45, 7) is 19.6. The molecule has 0 saturated heterocycles. The Morgan fingerprint density at radius 3 is 2.17 bits per heavy atom. The first-order valence-corrected chi connectivity index (χ1v) is 25.7. The molecule has 5 aromatic carbocycles. The molecule has 0 spiro atoms. The molecule has 0 aliphatic heterocycles. The second-order valence-corrected chi connectivity index (χ2v) is 23.9. The van der Waals surface area contributed by atoms with Crippen molar-refractivity contribution >= 4 is 55.8 Å². The van der Waals surface area contributed by atoms with Crippen LogP contribution < -0.4 is 5.19 Å². The molecular formula is C55H53IrN5SSi-2. The first-order valence-electron chi connectivity index (χ1n) is 22.4. The van der Waals surface area contributed by atoms with Crippen LogP contribution in [-0.2, 0) is 26.5 Å². The molecule has 4 heterocycles. The third kappa shape index (κ3) is 9.40. The van der Waals surface area contributed by atoms with Gasteiger partial charge in [0.1, 0.15) is 0 Å². The maximum absolute atomic E-state index is 9.52. The smallest absolute Gasteiger partial charge is 0.0992 e. The van der Waals surface area contributed by atoms with Crippen molar-refractivity contribution < 1.29 is 22.8 Å². The fraction of sp³-hybridized carbons (Fsp3) is 0.236. The topological polar surface area (TPSA) is 67.4 Å². The number of fused-ring (bicyclic) bond motifs is 4. The average Bonchev–Trinajstić information content (AvgIpc) is 3.87. The standard InChI is InChI=1S/C38H30N3S.C17H23N2Si.Ir/c1-23(2)31-20-27(26-11-6-5-7-12-26)21-32(24(3)4)36(31)41-34-16-9-8-15-33(34)40-38(41)30-14-10-13-29-28-18-17-25(22-39)19-35(28)42-37(29)30;1-13(2)10-15-11-16(14-6-8-18-9-7-14)19-12-17(15)20(3,4)5;/h5-13,15-21,23-24H,1-4H3;6,8-9,11-13H,10H2,1-5H3;/q2*-1;/i;10D2;.